The van der Waals surface area contributed by atoms with E-state index >= 15 is 0 Å². The third-order valence-corrected chi connectivity index (χ3v) is 8.08. The number of carbonyl (C=O) groups excluding carboxylic acids is 2. The maximum Gasteiger partial charge on any atom is 0.264 e. The summed E-state index contributed by atoms with van der Waals surface area (Å²) in [5.41, 5.74) is 3.00. The third-order valence-electron chi connectivity index (χ3n) is 6.07. The van der Waals surface area contributed by atoms with Crippen molar-refractivity contribution in [1.82, 2.24) is 0 Å². The highest BCUT2D eigenvalue weighted by molar-refractivity contribution is 7.92. The molecule has 0 aromatic heterocycles. The van der Waals surface area contributed by atoms with Gasteiger partial charge in [-0.2, -0.15) is 0 Å². The normalized spacial score (nSPS) is 11.1. The monoisotopic (exact) mass is 546 g/mol. The van der Waals surface area contributed by atoms with Crippen molar-refractivity contribution in [3.8, 4) is 0 Å². The van der Waals surface area contributed by atoms with Crippen molar-refractivity contribution in [1.29, 1.82) is 0 Å². The van der Waals surface area contributed by atoms with Gasteiger partial charge in [0.1, 0.15) is 6.54 Å². The van der Waals surface area contributed by atoms with E-state index in [0.29, 0.717) is 22.7 Å². The molecular formula is C30H27ClN2O4S. The molecule has 0 atom stereocenters. The maximum atomic E-state index is 13.8. The molecule has 0 bridgehead atoms. The van der Waals surface area contributed by atoms with Crippen molar-refractivity contribution in [2.24, 2.45) is 0 Å². The fraction of sp³-hybridized carbons (Fsp3) is 0.133. The first kappa shape index (κ1) is 27.1. The number of sulfonamides is 1. The Bertz CT molecular complexity index is 1570. The summed E-state index contributed by atoms with van der Waals surface area (Å²) in [6.45, 7) is 3.30. The van der Waals surface area contributed by atoms with Crippen LogP contribution in [0.1, 0.15) is 34.0 Å². The quantitative estimate of drug-likeness (QED) is 0.251. The van der Waals surface area contributed by atoms with Crippen molar-refractivity contribution < 1.29 is 18.0 Å². The molecule has 194 valence electrons. The molecule has 0 radical (unpaired) electrons. The number of nitrogens with zero attached hydrogens (tertiary/aromatic N) is 1. The Morgan fingerprint density at radius 2 is 1.53 bits per heavy atom. The zero-order valence-electron chi connectivity index (χ0n) is 21.0. The van der Waals surface area contributed by atoms with Crippen LogP contribution in [0.3, 0.4) is 0 Å². The number of hydrogen-bond donors (Lipinski definition) is 1. The molecule has 0 aliphatic heterocycles. The van der Waals surface area contributed by atoms with Gasteiger partial charge in [-0.05, 0) is 55.3 Å². The van der Waals surface area contributed by atoms with Crippen LogP contribution in [-0.2, 0) is 21.2 Å². The van der Waals surface area contributed by atoms with Crippen LogP contribution < -0.4 is 9.62 Å². The Kier molecular flexibility index (Phi) is 8.29. The number of carbonyl (C=O) groups is 2. The van der Waals surface area contributed by atoms with Gasteiger partial charge < -0.3 is 5.32 Å². The molecule has 0 fully saturated rings. The smallest absolute Gasteiger partial charge is 0.264 e. The summed E-state index contributed by atoms with van der Waals surface area (Å²) in [5, 5.41) is 3.07. The minimum atomic E-state index is -4.08. The SMILES string of the molecule is CCc1ccccc1N(CC(=O)Nc1ccc(Cl)cc1C(=O)c1ccccc1)S(=O)(=O)c1ccc(C)cc1. The minimum Gasteiger partial charge on any atom is -0.324 e. The lowest BCUT2D eigenvalue weighted by atomic mass is 10.0. The highest BCUT2D eigenvalue weighted by Gasteiger charge is 2.29. The second-order valence-corrected chi connectivity index (χ2v) is 11.0. The average molecular weight is 547 g/mol. The first-order chi connectivity index (χ1) is 18.2. The summed E-state index contributed by atoms with van der Waals surface area (Å²) in [6, 6.07) is 26.8. The number of aryl methyl sites for hydroxylation is 2. The van der Waals surface area contributed by atoms with Crippen LogP contribution >= 0.6 is 11.6 Å². The molecule has 0 spiro atoms. The van der Waals surface area contributed by atoms with E-state index in [1.807, 2.05) is 26.0 Å². The predicted octanol–water partition coefficient (Wildman–Crippen LogP) is 6.28. The van der Waals surface area contributed by atoms with Gasteiger partial charge in [-0.25, -0.2) is 8.42 Å². The number of anilines is 2. The van der Waals surface area contributed by atoms with Crippen molar-refractivity contribution >= 4 is 44.7 Å². The molecule has 1 N–H and O–H groups in total. The Labute approximate surface area is 227 Å². The fourth-order valence-electron chi connectivity index (χ4n) is 4.07. The largest absolute Gasteiger partial charge is 0.324 e. The summed E-state index contributed by atoms with van der Waals surface area (Å²) in [6.07, 6.45) is 0.574. The number of rotatable bonds is 9. The van der Waals surface area contributed by atoms with Crippen LogP contribution in [0.4, 0.5) is 11.4 Å². The van der Waals surface area contributed by atoms with E-state index in [0.717, 1.165) is 15.4 Å². The highest BCUT2D eigenvalue weighted by Crippen LogP contribution is 2.29. The Hall–Kier alpha value is -3.94. The molecular weight excluding hydrogens is 520 g/mol. The molecule has 4 aromatic carbocycles. The summed E-state index contributed by atoms with van der Waals surface area (Å²) in [7, 11) is -4.08. The van der Waals surface area contributed by atoms with Crippen molar-refractivity contribution in [3.63, 3.8) is 0 Å². The van der Waals surface area contributed by atoms with E-state index in [1.165, 1.54) is 24.3 Å². The number of halogens is 1. The average Bonchev–Trinajstić information content (AvgIpc) is 2.93. The van der Waals surface area contributed by atoms with Crippen LogP contribution in [0, 0.1) is 6.92 Å². The minimum absolute atomic E-state index is 0.0771. The molecule has 0 saturated heterocycles. The fourth-order valence-corrected chi connectivity index (χ4v) is 5.70. The van der Waals surface area contributed by atoms with Gasteiger partial charge in [0.15, 0.2) is 5.78 Å². The number of para-hydroxylation sites is 1. The van der Waals surface area contributed by atoms with E-state index in [-0.39, 0.29) is 21.9 Å². The summed E-state index contributed by atoms with van der Waals surface area (Å²) in [5.74, 6) is -0.917. The van der Waals surface area contributed by atoms with Crippen molar-refractivity contribution in [2.75, 3.05) is 16.2 Å². The lowest BCUT2D eigenvalue weighted by molar-refractivity contribution is -0.114. The van der Waals surface area contributed by atoms with E-state index < -0.39 is 22.5 Å². The lowest BCUT2D eigenvalue weighted by Crippen LogP contribution is -2.38. The van der Waals surface area contributed by atoms with E-state index in [1.54, 1.807) is 60.7 Å². The van der Waals surface area contributed by atoms with Crippen LogP contribution in [-0.4, -0.2) is 26.7 Å². The molecule has 0 unspecified atom stereocenters. The van der Waals surface area contributed by atoms with Gasteiger partial charge in [0.05, 0.1) is 16.3 Å². The molecule has 0 aliphatic carbocycles. The van der Waals surface area contributed by atoms with Crippen molar-refractivity contribution in [2.45, 2.75) is 25.2 Å². The maximum absolute atomic E-state index is 13.8. The van der Waals surface area contributed by atoms with Gasteiger partial charge in [-0.1, -0.05) is 84.8 Å². The number of amides is 1. The molecule has 0 aliphatic rings. The molecule has 0 saturated carbocycles. The number of hydrogen-bond acceptors (Lipinski definition) is 4. The second-order valence-electron chi connectivity index (χ2n) is 8.74. The van der Waals surface area contributed by atoms with Crippen molar-refractivity contribution in [3.05, 3.63) is 124 Å². The molecule has 8 heteroatoms. The third kappa shape index (κ3) is 5.96. The number of benzene rings is 4. The topological polar surface area (TPSA) is 83.6 Å². The van der Waals surface area contributed by atoms with Crippen LogP contribution in [0.25, 0.3) is 0 Å². The second kappa shape index (κ2) is 11.6. The van der Waals surface area contributed by atoms with Gasteiger partial charge in [0.2, 0.25) is 5.91 Å². The summed E-state index contributed by atoms with van der Waals surface area (Å²) in [4.78, 5) is 26.6. The molecule has 4 rings (SSSR count). The standard InChI is InChI=1S/C30H27ClN2O4S/c1-3-22-9-7-8-12-28(22)33(38(36,37)25-16-13-21(2)14-17-25)20-29(34)32-27-18-15-24(31)19-26(27)30(35)23-10-5-4-6-11-23/h4-19H,3,20H2,1-2H3,(H,32,34). The van der Waals surface area contributed by atoms with Gasteiger partial charge in [0, 0.05) is 16.1 Å². The zero-order valence-corrected chi connectivity index (χ0v) is 22.6. The number of nitrogens with one attached hydrogen (secondary N) is 1. The van der Waals surface area contributed by atoms with Gasteiger partial charge in [0.25, 0.3) is 10.0 Å². The van der Waals surface area contributed by atoms with Gasteiger partial charge in [-0.3, -0.25) is 13.9 Å². The van der Waals surface area contributed by atoms with Crippen LogP contribution in [0.15, 0.2) is 102 Å². The first-order valence-corrected chi connectivity index (χ1v) is 13.9. The summed E-state index contributed by atoms with van der Waals surface area (Å²) < 4.78 is 28.7. The Morgan fingerprint density at radius 3 is 2.21 bits per heavy atom. The molecule has 38 heavy (non-hydrogen) atoms. The molecule has 4 aromatic rings. The Morgan fingerprint density at radius 1 is 0.868 bits per heavy atom. The molecule has 1 amide bonds. The predicted molar refractivity (Wildman–Crippen MR) is 151 cm³/mol. The molecule has 6 nitrogen and oxygen atoms in total. The Balaban J connectivity index is 1.70. The van der Waals surface area contributed by atoms with E-state index in [4.69, 9.17) is 11.6 Å². The first-order valence-electron chi connectivity index (χ1n) is 12.1. The van der Waals surface area contributed by atoms with Crippen LogP contribution in [0.5, 0.6) is 0 Å². The van der Waals surface area contributed by atoms with Gasteiger partial charge in [-0.15, -0.1) is 0 Å². The highest BCUT2D eigenvalue weighted by atomic mass is 35.5. The van der Waals surface area contributed by atoms with E-state index in [9.17, 15) is 18.0 Å². The molecule has 0 heterocycles. The van der Waals surface area contributed by atoms with Gasteiger partial charge >= 0.3 is 0 Å². The van der Waals surface area contributed by atoms with Crippen LogP contribution in [0.2, 0.25) is 5.02 Å². The van der Waals surface area contributed by atoms with E-state index in [2.05, 4.69) is 5.32 Å². The summed E-state index contributed by atoms with van der Waals surface area (Å²) >= 11 is 6.17. The lowest BCUT2D eigenvalue weighted by Gasteiger charge is -2.26. The number of ketones is 1. The zero-order chi connectivity index (χ0) is 27.3.